The molecule has 0 saturated carbocycles. The molecular weight excluding hydrogens is 448 g/mol. The largest absolute Gasteiger partial charge is 0.466 e. The van der Waals surface area contributed by atoms with Gasteiger partial charge in [0.2, 0.25) is 5.91 Å². The average Bonchev–Trinajstić information content (AvgIpc) is 3.46. The first-order valence-electron chi connectivity index (χ1n) is 10.5. The summed E-state index contributed by atoms with van der Waals surface area (Å²) in [6.07, 6.45) is 2.05. The fourth-order valence-electron chi connectivity index (χ4n) is 4.09. The maximum absolute atomic E-state index is 12.7. The Morgan fingerprint density at radius 1 is 1.36 bits per heavy atom. The minimum absolute atomic E-state index is 0.0392. The van der Waals surface area contributed by atoms with E-state index in [9.17, 15) is 19.7 Å². The number of rotatable bonds is 7. The Labute approximate surface area is 194 Å². The molecule has 2 atom stereocenters. The lowest BCUT2D eigenvalue weighted by molar-refractivity contribution is -0.384. The molecule has 0 radical (unpaired) electrons. The topological polar surface area (TPSA) is 123 Å². The number of nitrogens with zero attached hydrogens (tertiary/aromatic N) is 3. The lowest BCUT2D eigenvalue weighted by Crippen LogP contribution is -2.38. The molecule has 3 aliphatic heterocycles. The molecule has 0 aliphatic carbocycles. The SMILES string of the molecule is COC(=O)C1=C(C)N=C2SC=C(CC(=O)NCC3CCCO3)N2C1c1ccc([N+](=O)[O-])cc1. The molecule has 1 aromatic carbocycles. The predicted molar refractivity (Wildman–Crippen MR) is 122 cm³/mol. The summed E-state index contributed by atoms with van der Waals surface area (Å²) in [5.74, 6) is -0.704. The number of non-ortho nitro benzene ring substituents is 1. The van der Waals surface area contributed by atoms with Crippen LogP contribution in [-0.4, -0.2) is 53.2 Å². The van der Waals surface area contributed by atoms with Gasteiger partial charge in [-0.15, -0.1) is 0 Å². The summed E-state index contributed by atoms with van der Waals surface area (Å²) in [5, 5.41) is 16.5. The van der Waals surface area contributed by atoms with E-state index in [2.05, 4.69) is 10.3 Å². The Balaban J connectivity index is 1.61. The van der Waals surface area contributed by atoms with Crippen molar-refractivity contribution in [2.24, 2.45) is 4.99 Å². The Hall–Kier alpha value is -3.18. The number of esters is 1. The van der Waals surface area contributed by atoms with Crippen LogP contribution < -0.4 is 5.32 Å². The molecule has 11 heteroatoms. The highest BCUT2D eigenvalue weighted by molar-refractivity contribution is 8.16. The van der Waals surface area contributed by atoms with Gasteiger partial charge in [-0.1, -0.05) is 11.8 Å². The maximum atomic E-state index is 12.7. The standard InChI is InChI=1S/C22H24N4O6S/c1-13-19(21(28)31-2)20(14-5-7-15(8-6-14)26(29)30)25-16(12-33-22(25)24-13)10-18(27)23-11-17-4-3-9-32-17/h5-8,12,17,20H,3-4,9-11H2,1-2H3,(H,23,27). The number of allylic oxidation sites excluding steroid dienone is 1. The van der Waals surface area contributed by atoms with Gasteiger partial charge < -0.3 is 19.7 Å². The molecule has 3 heterocycles. The number of amidine groups is 1. The van der Waals surface area contributed by atoms with E-state index in [-0.39, 0.29) is 24.1 Å². The molecule has 10 nitrogen and oxygen atoms in total. The normalized spacial score (nSPS) is 21.9. The van der Waals surface area contributed by atoms with Crippen molar-refractivity contribution in [3.05, 3.63) is 62.3 Å². The second-order valence-corrected chi connectivity index (χ2v) is 8.69. The molecule has 0 bridgehead atoms. The number of fused-ring (bicyclic) bond motifs is 1. The lowest BCUT2D eigenvalue weighted by Gasteiger charge is -2.36. The van der Waals surface area contributed by atoms with E-state index in [0.717, 1.165) is 19.4 Å². The zero-order valence-corrected chi connectivity index (χ0v) is 19.1. The van der Waals surface area contributed by atoms with E-state index in [1.807, 2.05) is 10.3 Å². The number of thioether (sulfide) groups is 1. The summed E-state index contributed by atoms with van der Waals surface area (Å²) in [6, 6.07) is 5.38. The van der Waals surface area contributed by atoms with Crippen LogP contribution in [-0.2, 0) is 19.1 Å². The maximum Gasteiger partial charge on any atom is 0.338 e. The smallest absolute Gasteiger partial charge is 0.338 e. The second kappa shape index (κ2) is 9.75. The summed E-state index contributed by atoms with van der Waals surface area (Å²) in [4.78, 5) is 42.4. The molecule has 174 valence electrons. The third-order valence-electron chi connectivity index (χ3n) is 5.72. The number of amides is 1. The van der Waals surface area contributed by atoms with Gasteiger partial charge in [-0.25, -0.2) is 9.79 Å². The summed E-state index contributed by atoms with van der Waals surface area (Å²) < 4.78 is 10.6. The Morgan fingerprint density at radius 2 is 2.12 bits per heavy atom. The van der Waals surface area contributed by atoms with Crippen LogP contribution in [0.2, 0.25) is 0 Å². The van der Waals surface area contributed by atoms with Gasteiger partial charge in [-0.3, -0.25) is 14.9 Å². The van der Waals surface area contributed by atoms with Crippen LogP contribution in [0.3, 0.4) is 0 Å². The number of hydrogen-bond donors (Lipinski definition) is 1. The van der Waals surface area contributed by atoms with Crippen molar-refractivity contribution in [2.75, 3.05) is 20.3 Å². The first-order valence-corrected chi connectivity index (χ1v) is 11.4. The summed E-state index contributed by atoms with van der Waals surface area (Å²) in [7, 11) is 1.29. The highest BCUT2D eigenvalue weighted by Gasteiger charge is 2.41. The van der Waals surface area contributed by atoms with Crippen molar-refractivity contribution in [1.82, 2.24) is 10.2 Å². The highest BCUT2D eigenvalue weighted by atomic mass is 32.2. The van der Waals surface area contributed by atoms with E-state index < -0.39 is 16.9 Å². The molecule has 0 aromatic heterocycles. The number of nitrogens with one attached hydrogen (secondary N) is 1. The molecule has 1 fully saturated rings. The van der Waals surface area contributed by atoms with E-state index in [1.54, 1.807) is 19.1 Å². The van der Waals surface area contributed by atoms with Gasteiger partial charge in [0, 0.05) is 31.0 Å². The van der Waals surface area contributed by atoms with Crippen LogP contribution in [0.15, 0.2) is 51.6 Å². The fraction of sp³-hybridized carbons (Fsp3) is 0.409. The molecule has 33 heavy (non-hydrogen) atoms. The molecule has 0 spiro atoms. The van der Waals surface area contributed by atoms with Gasteiger partial charge in [-0.05, 0) is 42.9 Å². The van der Waals surface area contributed by atoms with Crippen molar-refractivity contribution in [2.45, 2.75) is 38.3 Å². The predicted octanol–water partition coefficient (Wildman–Crippen LogP) is 3.03. The molecular formula is C22H24N4O6S. The molecule has 1 amide bonds. The van der Waals surface area contributed by atoms with Crippen molar-refractivity contribution in [3.8, 4) is 0 Å². The third-order valence-corrected chi connectivity index (χ3v) is 6.61. The van der Waals surface area contributed by atoms with Crippen LogP contribution in [0.4, 0.5) is 5.69 Å². The van der Waals surface area contributed by atoms with Gasteiger partial charge in [0.05, 0.1) is 41.9 Å². The van der Waals surface area contributed by atoms with Crippen LogP contribution in [0.5, 0.6) is 0 Å². The monoisotopic (exact) mass is 472 g/mol. The number of ether oxygens (including phenoxy) is 2. The van der Waals surface area contributed by atoms with Crippen LogP contribution in [0, 0.1) is 10.1 Å². The van der Waals surface area contributed by atoms with Gasteiger partial charge in [0.1, 0.15) is 0 Å². The highest BCUT2D eigenvalue weighted by Crippen LogP contribution is 2.45. The van der Waals surface area contributed by atoms with Gasteiger partial charge in [-0.2, -0.15) is 0 Å². The minimum Gasteiger partial charge on any atom is -0.466 e. The van der Waals surface area contributed by atoms with Crippen molar-refractivity contribution in [1.29, 1.82) is 0 Å². The number of carbonyl (C=O) groups is 2. The van der Waals surface area contributed by atoms with Gasteiger partial charge >= 0.3 is 5.97 Å². The van der Waals surface area contributed by atoms with E-state index in [0.29, 0.717) is 34.2 Å². The third kappa shape index (κ3) is 4.79. The first-order chi connectivity index (χ1) is 15.9. The van der Waals surface area contributed by atoms with E-state index in [4.69, 9.17) is 9.47 Å². The van der Waals surface area contributed by atoms with Crippen molar-refractivity contribution in [3.63, 3.8) is 0 Å². The molecule has 1 aromatic rings. The van der Waals surface area contributed by atoms with Crippen LogP contribution in [0.1, 0.15) is 37.8 Å². The zero-order valence-electron chi connectivity index (χ0n) is 18.3. The molecule has 1 N–H and O–H groups in total. The first kappa shape index (κ1) is 23.0. The average molecular weight is 473 g/mol. The van der Waals surface area contributed by atoms with Gasteiger partial charge in [0.15, 0.2) is 5.17 Å². The Kier molecular flexibility index (Phi) is 6.80. The number of carbonyl (C=O) groups excluding carboxylic acids is 2. The summed E-state index contributed by atoms with van der Waals surface area (Å²) >= 11 is 1.37. The zero-order chi connectivity index (χ0) is 23.5. The number of aliphatic imine (C=N–C) groups is 1. The van der Waals surface area contributed by atoms with E-state index >= 15 is 0 Å². The number of nitro groups is 1. The second-order valence-electron chi connectivity index (χ2n) is 7.85. The number of nitro benzene ring substituents is 1. The molecule has 2 unspecified atom stereocenters. The number of benzene rings is 1. The number of hydrogen-bond acceptors (Lipinski definition) is 9. The van der Waals surface area contributed by atoms with Crippen LogP contribution in [0.25, 0.3) is 0 Å². The van der Waals surface area contributed by atoms with Gasteiger partial charge in [0.25, 0.3) is 5.69 Å². The van der Waals surface area contributed by atoms with Crippen molar-refractivity contribution >= 4 is 34.5 Å². The molecule has 1 saturated heterocycles. The number of methoxy groups -OCH3 is 1. The lowest BCUT2D eigenvalue weighted by atomic mass is 9.93. The Bertz CT molecular complexity index is 1060. The summed E-state index contributed by atoms with van der Waals surface area (Å²) in [5.41, 5.74) is 2.11. The minimum atomic E-state index is -0.627. The quantitative estimate of drug-likeness (QED) is 0.365. The molecule has 3 aliphatic rings. The van der Waals surface area contributed by atoms with E-state index in [1.165, 1.54) is 31.0 Å². The van der Waals surface area contributed by atoms with Crippen molar-refractivity contribution < 1.29 is 24.0 Å². The summed E-state index contributed by atoms with van der Waals surface area (Å²) in [6.45, 7) is 2.90. The fourth-order valence-corrected chi connectivity index (χ4v) is 5.06. The Morgan fingerprint density at radius 3 is 2.76 bits per heavy atom. The van der Waals surface area contributed by atoms with Crippen LogP contribution >= 0.6 is 11.8 Å². The molecule has 4 rings (SSSR count).